The summed E-state index contributed by atoms with van der Waals surface area (Å²) in [6.45, 7) is -0.411. The summed E-state index contributed by atoms with van der Waals surface area (Å²) in [4.78, 5) is 24.1. The molecule has 0 radical (unpaired) electrons. The number of aliphatic hydroxyl groups excluding tert-OH is 1. The van der Waals surface area contributed by atoms with Crippen LogP contribution in [0.25, 0.3) is 0 Å². The van der Waals surface area contributed by atoms with Crippen molar-refractivity contribution in [2.24, 2.45) is 0 Å². The van der Waals surface area contributed by atoms with Gasteiger partial charge >= 0.3 is 11.9 Å². The van der Waals surface area contributed by atoms with Crippen molar-refractivity contribution in [1.82, 2.24) is 0 Å². The van der Waals surface area contributed by atoms with E-state index in [1.165, 1.54) is 0 Å². The van der Waals surface area contributed by atoms with Crippen molar-refractivity contribution in [2.75, 3.05) is 6.61 Å². The fourth-order valence-corrected chi connectivity index (χ4v) is 2.74. The summed E-state index contributed by atoms with van der Waals surface area (Å²) in [5.74, 6) is -1.33. The van der Waals surface area contributed by atoms with Gasteiger partial charge in [-0.25, -0.2) is 14.0 Å². The SMILES string of the molecule is O=C(OC[C@H]1O[C@@H](O)C[C@@H](OC(=O)c2ccccc2)[C@@H]1F)c1ccccc1. The Balaban J connectivity index is 1.59. The first-order valence-electron chi connectivity index (χ1n) is 8.50. The molecule has 2 aromatic rings. The van der Waals surface area contributed by atoms with E-state index in [4.69, 9.17) is 14.2 Å². The molecule has 0 unspecified atom stereocenters. The molecule has 0 aromatic heterocycles. The highest BCUT2D eigenvalue weighted by Gasteiger charge is 2.41. The largest absolute Gasteiger partial charge is 0.459 e. The fourth-order valence-electron chi connectivity index (χ4n) is 2.74. The number of hydrogen-bond donors (Lipinski definition) is 1. The molecule has 0 saturated carbocycles. The highest BCUT2D eigenvalue weighted by Crippen LogP contribution is 2.25. The van der Waals surface area contributed by atoms with Crippen molar-refractivity contribution >= 4 is 11.9 Å². The lowest BCUT2D eigenvalue weighted by Crippen LogP contribution is -2.49. The number of halogens is 1. The van der Waals surface area contributed by atoms with Gasteiger partial charge < -0.3 is 19.3 Å². The van der Waals surface area contributed by atoms with Gasteiger partial charge in [0.05, 0.1) is 11.1 Å². The summed E-state index contributed by atoms with van der Waals surface area (Å²) < 4.78 is 30.1. The number of carbonyl (C=O) groups excluding carboxylic acids is 2. The van der Waals surface area contributed by atoms with Crippen LogP contribution in [0.3, 0.4) is 0 Å². The molecule has 0 spiro atoms. The van der Waals surface area contributed by atoms with E-state index in [2.05, 4.69) is 0 Å². The van der Waals surface area contributed by atoms with Gasteiger partial charge in [0.25, 0.3) is 0 Å². The van der Waals surface area contributed by atoms with Crippen molar-refractivity contribution in [3.63, 3.8) is 0 Å². The summed E-state index contributed by atoms with van der Waals surface area (Å²) in [5, 5.41) is 9.81. The van der Waals surface area contributed by atoms with E-state index in [9.17, 15) is 19.1 Å². The highest BCUT2D eigenvalue weighted by molar-refractivity contribution is 5.89. The van der Waals surface area contributed by atoms with E-state index in [-0.39, 0.29) is 12.0 Å². The Kier molecular flexibility index (Phi) is 6.16. The van der Waals surface area contributed by atoms with Gasteiger partial charge in [0, 0.05) is 6.42 Å². The standard InChI is InChI=1S/C20H19FO6/c21-18-15(27-20(24)14-9-5-2-6-10-14)11-17(22)26-16(18)12-25-19(23)13-7-3-1-4-8-13/h1-10,15-18,22H,11-12H2/t15-,16-,17-,18+/m1/s1. The molecule has 4 atom stereocenters. The monoisotopic (exact) mass is 374 g/mol. The third-order valence-corrected chi connectivity index (χ3v) is 4.13. The topological polar surface area (TPSA) is 82.1 Å². The maximum atomic E-state index is 14.7. The van der Waals surface area contributed by atoms with E-state index in [1.807, 2.05) is 0 Å². The number of ether oxygens (including phenoxy) is 3. The first-order valence-corrected chi connectivity index (χ1v) is 8.50. The van der Waals surface area contributed by atoms with Crippen molar-refractivity contribution in [3.8, 4) is 0 Å². The summed E-state index contributed by atoms with van der Waals surface area (Å²) in [7, 11) is 0. The zero-order chi connectivity index (χ0) is 19.2. The number of alkyl halides is 1. The number of benzene rings is 2. The van der Waals surface area contributed by atoms with Gasteiger partial charge in [-0.2, -0.15) is 0 Å². The maximum absolute atomic E-state index is 14.7. The maximum Gasteiger partial charge on any atom is 0.338 e. The van der Waals surface area contributed by atoms with Crippen LogP contribution >= 0.6 is 0 Å². The van der Waals surface area contributed by atoms with E-state index < -0.39 is 43.2 Å². The molecule has 1 fully saturated rings. The van der Waals surface area contributed by atoms with Gasteiger partial charge in [0.2, 0.25) is 0 Å². The Morgan fingerprint density at radius 3 is 2.15 bits per heavy atom. The van der Waals surface area contributed by atoms with Crippen LogP contribution in [-0.2, 0) is 14.2 Å². The Morgan fingerprint density at radius 1 is 1.00 bits per heavy atom. The summed E-state index contributed by atoms with van der Waals surface area (Å²) in [6.07, 6.45) is -5.73. The molecule has 1 aliphatic heterocycles. The second-order valence-electron chi connectivity index (χ2n) is 6.08. The van der Waals surface area contributed by atoms with Gasteiger partial charge in [0.15, 0.2) is 12.5 Å². The van der Waals surface area contributed by atoms with Gasteiger partial charge in [0.1, 0.15) is 18.8 Å². The molecule has 1 saturated heterocycles. The van der Waals surface area contributed by atoms with Crippen LogP contribution in [0.4, 0.5) is 4.39 Å². The Bertz CT molecular complexity index is 767. The van der Waals surface area contributed by atoms with Gasteiger partial charge in [-0.15, -0.1) is 0 Å². The molecule has 2 aromatic carbocycles. The zero-order valence-corrected chi connectivity index (χ0v) is 14.4. The molecule has 1 aliphatic rings. The van der Waals surface area contributed by atoms with Crippen LogP contribution in [0.2, 0.25) is 0 Å². The molecule has 7 heteroatoms. The number of esters is 2. The smallest absolute Gasteiger partial charge is 0.338 e. The fraction of sp³-hybridized carbons (Fsp3) is 0.300. The quantitative estimate of drug-likeness (QED) is 0.810. The molecule has 3 rings (SSSR count). The van der Waals surface area contributed by atoms with Crippen molar-refractivity contribution < 1.29 is 33.3 Å². The first-order chi connectivity index (χ1) is 13.0. The van der Waals surface area contributed by atoms with E-state index in [0.717, 1.165) is 0 Å². The van der Waals surface area contributed by atoms with Crippen LogP contribution in [0.5, 0.6) is 0 Å². The number of rotatable bonds is 5. The molecule has 27 heavy (non-hydrogen) atoms. The summed E-state index contributed by atoms with van der Waals surface area (Å²) in [6, 6.07) is 16.4. The second-order valence-corrected chi connectivity index (χ2v) is 6.08. The number of hydrogen-bond acceptors (Lipinski definition) is 6. The van der Waals surface area contributed by atoms with Crippen molar-refractivity contribution in [1.29, 1.82) is 0 Å². The predicted octanol–water partition coefficient (Wildman–Crippen LogP) is 2.51. The second kappa shape index (κ2) is 8.75. The van der Waals surface area contributed by atoms with Gasteiger partial charge in [-0.3, -0.25) is 0 Å². The average Bonchev–Trinajstić information content (AvgIpc) is 2.70. The van der Waals surface area contributed by atoms with Gasteiger partial charge in [-0.05, 0) is 24.3 Å². The van der Waals surface area contributed by atoms with Crippen LogP contribution < -0.4 is 0 Å². The lowest BCUT2D eigenvalue weighted by molar-refractivity contribution is -0.224. The van der Waals surface area contributed by atoms with Crippen LogP contribution in [0, 0.1) is 0 Å². The molecule has 0 aliphatic carbocycles. The molecular weight excluding hydrogens is 355 g/mol. The molecule has 0 amide bonds. The zero-order valence-electron chi connectivity index (χ0n) is 14.4. The Labute approximate surface area is 155 Å². The molecule has 1 N–H and O–H groups in total. The summed E-state index contributed by atoms with van der Waals surface area (Å²) in [5.41, 5.74) is 0.592. The highest BCUT2D eigenvalue weighted by atomic mass is 19.1. The number of carbonyl (C=O) groups is 2. The lowest BCUT2D eigenvalue weighted by atomic mass is 10.0. The van der Waals surface area contributed by atoms with E-state index in [0.29, 0.717) is 5.56 Å². The first kappa shape index (κ1) is 19.0. The normalized spacial score (nSPS) is 24.8. The third-order valence-electron chi connectivity index (χ3n) is 4.13. The molecule has 0 bridgehead atoms. The van der Waals surface area contributed by atoms with E-state index >= 15 is 0 Å². The van der Waals surface area contributed by atoms with Gasteiger partial charge in [-0.1, -0.05) is 36.4 Å². The molecule has 142 valence electrons. The lowest BCUT2D eigenvalue weighted by Gasteiger charge is -2.35. The van der Waals surface area contributed by atoms with Crippen molar-refractivity contribution in [2.45, 2.75) is 31.1 Å². The molecule has 1 heterocycles. The minimum Gasteiger partial charge on any atom is -0.459 e. The third kappa shape index (κ3) is 4.90. The average molecular weight is 374 g/mol. The molecular formula is C20H19FO6. The number of aliphatic hydroxyl groups is 1. The Morgan fingerprint density at radius 2 is 1.56 bits per heavy atom. The minimum atomic E-state index is -1.75. The predicted molar refractivity (Wildman–Crippen MR) is 92.8 cm³/mol. The van der Waals surface area contributed by atoms with Crippen molar-refractivity contribution in [3.05, 3.63) is 71.8 Å². The summed E-state index contributed by atoms with van der Waals surface area (Å²) >= 11 is 0. The van der Waals surface area contributed by atoms with E-state index in [1.54, 1.807) is 60.7 Å². The molecule has 6 nitrogen and oxygen atoms in total. The van der Waals surface area contributed by atoms with Crippen LogP contribution in [-0.4, -0.2) is 48.3 Å². The Hall–Kier alpha value is -2.77. The van der Waals surface area contributed by atoms with Crippen LogP contribution in [0.1, 0.15) is 27.1 Å². The van der Waals surface area contributed by atoms with Crippen LogP contribution in [0.15, 0.2) is 60.7 Å². The minimum absolute atomic E-state index is 0.205.